The number of allylic oxidation sites excluding steroid dienone is 2. The topological polar surface area (TPSA) is 20.2 Å². The van der Waals surface area contributed by atoms with E-state index in [1.807, 2.05) is 26.0 Å². The number of benzene rings is 1. The van der Waals surface area contributed by atoms with E-state index in [1.54, 1.807) is 18.2 Å². The minimum absolute atomic E-state index is 0.152. The van der Waals surface area contributed by atoms with E-state index in [-0.39, 0.29) is 11.7 Å². The van der Waals surface area contributed by atoms with Crippen LogP contribution in [0.15, 0.2) is 30.4 Å². The Morgan fingerprint density at radius 2 is 2.15 bits per heavy atom. The van der Waals surface area contributed by atoms with E-state index in [9.17, 15) is 5.11 Å². The van der Waals surface area contributed by atoms with Crippen LogP contribution in [-0.2, 0) is 0 Å². The van der Waals surface area contributed by atoms with Crippen molar-refractivity contribution in [3.8, 4) is 5.75 Å². The van der Waals surface area contributed by atoms with Gasteiger partial charge in [-0.25, -0.2) is 0 Å². The van der Waals surface area contributed by atoms with Gasteiger partial charge in [0, 0.05) is 16.5 Å². The number of aromatic hydroxyl groups is 1. The lowest BCUT2D eigenvalue weighted by Gasteiger charge is -2.10. The summed E-state index contributed by atoms with van der Waals surface area (Å²) in [5, 5.41) is 10.2. The first-order chi connectivity index (χ1) is 6.16. The van der Waals surface area contributed by atoms with E-state index in [4.69, 9.17) is 11.6 Å². The standard InChI is InChI=1S/C11H13ClO/c1-3-5-8(2)11-9(12)6-4-7-10(11)13/h3-8,13H,1-2H3. The van der Waals surface area contributed by atoms with Crippen LogP contribution in [0, 0.1) is 0 Å². The zero-order valence-corrected chi connectivity index (χ0v) is 8.55. The Bertz CT molecular complexity index is 298. The lowest BCUT2D eigenvalue weighted by molar-refractivity contribution is 0.467. The van der Waals surface area contributed by atoms with Crippen LogP contribution in [-0.4, -0.2) is 5.11 Å². The van der Waals surface area contributed by atoms with Crippen LogP contribution < -0.4 is 0 Å². The van der Waals surface area contributed by atoms with Crippen molar-refractivity contribution in [3.05, 3.63) is 40.9 Å². The van der Waals surface area contributed by atoms with Crippen molar-refractivity contribution < 1.29 is 5.11 Å². The summed E-state index contributed by atoms with van der Waals surface area (Å²) in [5.74, 6) is 0.414. The maximum Gasteiger partial charge on any atom is 0.120 e. The van der Waals surface area contributed by atoms with Crippen LogP contribution in [0.5, 0.6) is 5.75 Å². The number of halogens is 1. The molecule has 0 heterocycles. The molecule has 1 rings (SSSR count). The highest BCUT2D eigenvalue weighted by molar-refractivity contribution is 6.31. The van der Waals surface area contributed by atoms with E-state index in [1.165, 1.54) is 0 Å². The van der Waals surface area contributed by atoms with Gasteiger partial charge in [-0.2, -0.15) is 0 Å². The molecule has 1 N–H and O–H groups in total. The molecule has 1 aromatic rings. The second kappa shape index (κ2) is 4.33. The molecule has 0 fully saturated rings. The molecule has 0 spiro atoms. The minimum Gasteiger partial charge on any atom is -0.508 e. The van der Waals surface area contributed by atoms with E-state index >= 15 is 0 Å². The second-order valence-electron chi connectivity index (χ2n) is 2.99. The zero-order chi connectivity index (χ0) is 9.84. The van der Waals surface area contributed by atoms with E-state index < -0.39 is 0 Å². The maximum atomic E-state index is 9.57. The quantitative estimate of drug-likeness (QED) is 0.715. The van der Waals surface area contributed by atoms with Crippen LogP contribution >= 0.6 is 11.6 Å². The van der Waals surface area contributed by atoms with Crippen molar-refractivity contribution >= 4 is 11.6 Å². The summed E-state index contributed by atoms with van der Waals surface area (Å²) in [6.07, 6.45) is 3.95. The van der Waals surface area contributed by atoms with Gasteiger partial charge in [-0.1, -0.05) is 36.7 Å². The van der Waals surface area contributed by atoms with Gasteiger partial charge in [-0.3, -0.25) is 0 Å². The second-order valence-corrected chi connectivity index (χ2v) is 3.39. The van der Waals surface area contributed by atoms with Crippen molar-refractivity contribution in [2.75, 3.05) is 0 Å². The summed E-state index contributed by atoms with van der Waals surface area (Å²) < 4.78 is 0. The summed E-state index contributed by atoms with van der Waals surface area (Å²) in [6, 6.07) is 5.18. The largest absolute Gasteiger partial charge is 0.508 e. The molecule has 1 nitrogen and oxygen atoms in total. The SMILES string of the molecule is CC=CC(C)c1c(O)cccc1Cl. The lowest BCUT2D eigenvalue weighted by atomic mass is 10.00. The highest BCUT2D eigenvalue weighted by Gasteiger charge is 2.10. The molecule has 1 unspecified atom stereocenters. The summed E-state index contributed by atoms with van der Waals surface area (Å²) in [5.41, 5.74) is 0.794. The van der Waals surface area contributed by atoms with Crippen molar-refractivity contribution in [1.29, 1.82) is 0 Å². The number of rotatable bonds is 2. The van der Waals surface area contributed by atoms with Gasteiger partial charge in [0.2, 0.25) is 0 Å². The molecule has 0 aliphatic carbocycles. The molecule has 0 aliphatic heterocycles. The van der Waals surface area contributed by atoms with Gasteiger partial charge in [0.05, 0.1) is 0 Å². The highest BCUT2D eigenvalue weighted by Crippen LogP contribution is 2.32. The summed E-state index contributed by atoms with van der Waals surface area (Å²) in [7, 11) is 0. The number of phenols is 1. The molecular formula is C11H13ClO. The van der Waals surface area contributed by atoms with Gasteiger partial charge < -0.3 is 5.11 Å². The summed E-state index contributed by atoms with van der Waals surface area (Å²) >= 11 is 5.97. The molecule has 2 heteroatoms. The summed E-state index contributed by atoms with van der Waals surface area (Å²) in [4.78, 5) is 0. The van der Waals surface area contributed by atoms with Crippen LogP contribution in [0.2, 0.25) is 5.02 Å². The first-order valence-electron chi connectivity index (χ1n) is 4.27. The predicted octanol–water partition coefficient (Wildman–Crippen LogP) is 3.73. The minimum atomic E-state index is 0.152. The van der Waals surface area contributed by atoms with Crippen molar-refractivity contribution in [2.24, 2.45) is 0 Å². The van der Waals surface area contributed by atoms with Gasteiger partial charge >= 0.3 is 0 Å². The third kappa shape index (κ3) is 2.25. The van der Waals surface area contributed by atoms with Gasteiger partial charge in [0.25, 0.3) is 0 Å². The van der Waals surface area contributed by atoms with Crippen molar-refractivity contribution in [2.45, 2.75) is 19.8 Å². The Kier molecular flexibility index (Phi) is 3.38. The first kappa shape index (κ1) is 10.1. The number of hydrogen-bond donors (Lipinski definition) is 1. The third-order valence-corrected chi connectivity index (χ3v) is 2.30. The average Bonchev–Trinajstić information content (AvgIpc) is 2.04. The Morgan fingerprint density at radius 1 is 1.46 bits per heavy atom. The zero-order valence-electron chi connectivity index (χ0n) is 7.79. The Morgan fingerprint density at radius 3 is 2.69 bits per heavy atom. The number of hydrogen-bond acceptors (Lipinski definition) is 1. The van der Waals surface area contributed by atoms with E-state index in [2.05, 4.69) is 0 Å². The molecule has 0 bridgehead atoms. The average molecular weight is 197 g/mol. The monoisotopic (exact) mass is 196 g/mol. The fourth-order valence-electron chi connectivity index (χ4n) is 1.36. The van der Waals surface area contributed by atoms with Crippen molar-refractivity contribution in [3.63, 3.8) is 0 Å². The molecule has 0 saturated carbocycles. The Labute approximate surface area is 83.7 Å². The lowest BCUT2D eigenvalue weighted by Crippen LogP contribution is -1.90. The molecular weight excluding hydrogens is 184 g/mol. The summed E-state index contributed by atoms with van der Waals surface area (Å²) in [6.45, 7) is 3.95. The molecule has 13 heavy (non-hydrogen) atoms. The smallest absolute Gasteiger partial charge is 0.120 e. The van der Waals surface area contributed by atoms with Gasteiger partial charge in [0.15, 0.2) is 0 Å². The fraction of sp³-hybridized carbons (Fsp3) is 0.273. The highest BCUT2D eigenvalue weighted by atomic mass is 35.5. The van der Waals surface area contributed by atoms with Crippen LogP contribution in [0.1, 0.15) is 25.3 Å². The predicted molar refractivity (Wildman–Crippen MR) is 56.3 cm³/mol. The molecule has 0 saturated heterocycles. The van der Waals surface area contributed by atoms with Crippen LogP contribution in [0.25, 0.3) is 0 Å². The molecule has 1 atom stereocenters. The van der Waals surface area contributed by atoms with Crippen LogP contribution in [0.4, 0.5) is 0 Å². The Hall–Kier alpha value is -0.950. The van der Waals surface area contributed by atoms with Crippen LogP contribution in [0.3, 0.4) is 0 Å². The molecule has 0 radical (unpaired) electrons. The molecule has 70 valence electrons. The number of phenolic OH excluding ortho intramolecular Hbond substituents is 1. The van der Waals surface area contributed by atoms with Gasteiger partial charge in [-0.05, 0) is 19.1 Å². The molecule has 1 aromatic carbocycles. The van der Waals surface area contributed by atoms with Gasteiger partial charge in [-0.15, -0.1) is 0 Å². The van der Waals surface area contributed by atoms with E-state index in [0.717, 1.165) is 5.56 Å². The maximum absolute atomic E-state index is 9.57. The first-order valence-corrected chi connectivity index (χ1v) is 4.64. The molecule has 0 aliphatic rings. The third-order valence-electron chi connectivity index (χ3n) is 1.97. The Balaban J connectivity index is 3.12. The molecule has 0 aromatic heterocycles. The van der Waals surface area contributed by atoms with Crippen molar-refractivity contribution in [1.82, 2.24) is 0 Å². The normalized spacial score (nSPS) is 13.5. The fourth-order valence-corrected chi connectivity index (χ4v) is 1.70. The van der Waals surface area contributed by atoms with Gasteiger partial charge in [0.1, 0.15) is 5.75 Å². The molecule has 0 amide bonds. The van der Waals surface area contributed by atoms with E-state index in [0.29, 0.717) is 5.02 Å².